The Hall–Kier alpha value is -1.38. The van der Waals surface area contributed by atoms with Gasteiger partial charge in [0.2, 0.25) is 0 Å². The number of benzene rings is 2. The van der Waals surface area contributed by atoms with Gasteiger partial charge in [-0.05, 0) is 46.5 Å². The molecule has 0 aromatic heterocycles. The van der Waals surface area contributed by atoms with Crippen LogP contribution in [0.1, 0.15) is 0 Å². The molecule has 0 bridgehead atoms. The molecule has 0 amide bonds. The van der Waals surface area contributed by atoms with Crippen LogP contribution in [0.4, 0.5) is 0 Å². The largest absolute Gasteiger partial charge is 0.423 e. The Morgan fingerprint density at radius 2 is 1.47 bits per heavy atom. The van der Waals surface area contributed by atoms with Gasteiger partial charge in [-0.1, -0.05) is 36.4 Å². The van der Waals surface area contributed by atoms with Crippen molar-refractivity contribution in [1.29, 1.82) is 0 Å². The minimum Gasteiger partial charge on any atom is -0.423 e. The highest BCUT2D eigenvalue weighted by atomic mass is 35.5. The number of halogens is 2. The fourth-order valence-corrected chi connectivity index (χ4v) is 2.09. The van der Waals surface area contributed by atoms with Crippen LogP contribution in [0.3, 0.4) is 0 Å². The van der Waals surface area contributed by atoms with Crippen molar-refractivity contribution in [2.45, 2.75) is 4.71 Å². The summed E-state index contributed by atoms with van der Waals surface area (Å²) in [5.41, 5.74) is 2.12. The molecule has 2 aromatic rings. The van der Waals surface area contributed by atoms with E-state index in [1.54, 1.807) is 6.07 Å². The minimum absolute atomic E-state index is 0.551. The average molecular weight is 267 g/mol. The van der Waals surface area contributed by atoms with Crippen molar-refractivity contribution in [3.63, 3.8) is 0 Å². The van der Waals surface area contributed by atoms with Crippen LogP contribution >= 0.6 is 23.2 Å². The van der Waals surface area contributed by atoms with E-state index in [4.69, 9.17) is 32.7 Å². The third kappa shape index (κ3) is 2.06. The van der Waals surface area contributed by atoms with Gasteiger partial charge in [0.25, 0.3) is 0 Å². The van der Waals surface area contributed by atoms with Gasteiger partial charge in [-0.15, -0.1) is 0 Å². The molecular weight excluding hydrogens is 259 g/mol. The Kier molecular flexibility index (Phi) is 2.42. The summed E-state index contributed by atoms with van der Waals surface area (Å²) < 4.78 is 8.85. The van der Waals surface area contributed by atoms with Crippen LogP contribution in [0.25, 0.3) is 11.1 Å². The summed E-state index contributed by atoms with van der Waals surface area (Å²) in [7, 11) is 0. The lowest BCUT2D eigenvalue weighted by molar-refractivity contribution is 0.0849. The van der Waals surface area contributed by atoms with Crippen LogP contribution in [0.2, 0.25) is 0 Å². The zero-order valence-corrected chi connectivity index (χ0v) is 10.2. The molecule has 2 nitrogen and oxygen atoms in total. The van der Waals surface area contributed by atoms with Gasteiger partial charge < -0.3 is 9.47 Å². The smallest absolute Gasteiger partial charge is 0.419 e. The first-order valence-electron chi connectivity index (χ1n) is 5.09. The Balaban J connectivity index is 2.02. The Bertz CT molecular complexity index is 553. The fourth-order valence-electron chi connectivity index (χ4n) is 1.76. The molecule has 0 spiro atoms. The van der Waals surface area contributed by atoms with E-state index in [-0.39, 0.29) is 0 Å². The summed E-state index contributed by atoms with van der Waals surface area (Å²) in [6.07, 6.45) is 0. The Labute approximate surface area is 109 Å². The molecule has 0 N–H and O–H groups in total. The molecule has 1 aliphatic heterocycles. The molecule has 0 atom stereocenters. The van der Waals surface area contributed by atoms with Gasteiger partial charge in [0.1, 0.15) is 0 Å². The summed E-state index contributed by atoms with van der Waals surface area (Å²) in [6.45, 7) is 0. The minimum atomic E-state index is -1.61. The van der Waals surface area contributed by atoms with E-state index in [0.717, 1.165) is 11.1 Å². The van der Waals surface area contributed by atoms with Gasteiger partial charge >= 0.3 is 4.71 Å². The predicted octanol–water partition coefficient (Wildman–Crippen LogP) is 4.21. The monoisotopic (exact) mass is 266 g/mol. The summed E-state index contributed by atoms with van der Waals surface area (Å²) in [5.74, 6) is 1.10. The second kappa shape index (κ2) is 3.83. The zero-order valence-electron chi connectivity index (χ0n) is 8.69. The van der Waals surface area contributed by atoms with Gasteiger partial charge in [-0.2, -0.15) is 0 Å². The summed E-state index contributed by atoms with van der Waals surface area (Å²) >= 11 is 11.5. The quantitative estimate of drug-likeness (QED) is 0.720. The molecule has 2 aromatic carbocycles. The SMILES string of the molecule is ClC1(Cl)Oc2ccc(-c3ccccc3)cc2O1. The summed E-state index contributed by atoms with van der Waals surface area (Å²) in [5, 5.41) is 0. The van der Waals surface area contributed by atoms with Crippen LogP contribution in [-0.2, 0) is 0 Å². The highest BCUT2D eigenvalue weighted by molar-refractivity contribution is 6.46. The topological polar surface area (TPSA) is 18.5 Å². The van der Waals surface area contributed by atoms with Crippen molar-refractivity contribution in [3.05, 3.63) is 48.5 Å². The standard InChI is InChI=1S/C13H8Cl2O2/c14-13(15)16-11-7-6-10(8-12(11)17-13)9-4-2-1-3-5-9/h1-8H. The van der Waals surface area contributed by atoms with E-state index >= 15 is 0 Å². The van der Waals surface area contributed by atoms with Gasteiger partial charge in [0.15, 0.2) is 11.5 Å². The molecule has 0 radical (unpaired) electrons. The molecule has 1 aliphatic rings. The molecular formula is C13H8Cl2O2. The number of rotatable bonds is 1. The number of hydrogen-bond donors (Lipinski definition) is 0. The fraction of sp³-hybridized carbons (Fsp3) is 0.0769. The zero-order chi connectivity index (χ0) is 11.9. The lowest BCUT2D eigenvalue weighted by Crippen LogP contribution is -2.22. The maximum absolute atomic E-state index is 5.75. The van der Waals surface area contributed by atoms with Crippen molar-refractivity contribution >= 4 is 23.2 Å². The van der Waals surface area contributed by atoms with Gasteiger partial charge in [0, 0.05) is 0 Å². The number of hydrogen-bond acceptors (Lipinski definition) is 2. The molecule has 0 aliphatic carbocycles. The summed E-state index contributed by atoms with van der Waals surface area (Å²) in [6, 6.07) is 15.6. The molecule has 86 valence electrons. The molecule has 0 saturated carbocycles. The maximum atomic E-state index is 5.75. The van der Waals surface area contributed by atoms with Crippen LogP contribution in [-0.4, -0.2) is 4.71 Å². The van der Waals surface area contributed by atoms with Crippen molar-refractivity contribution in [2.75, 3.05) is 0 Å². The van der Waals surface area contributed by atoms with Crippen molar-refractivity contribution in [3.8, 4) is 22.6 Å². The van der Waals surface area contributed by atoms with Gasteiger partial charge in [-0.25, -0.2) is 0 Å². The maximum Gasteiger partial charge on any atom is 0.419 e. The molecule has 0 fully saturated rings. The average Bonchev–Trinajstić information content (AvgIpc) is 2.63. The van der Waals surface area contributed by atoms with Gasteiger partial charge in [0.05, 0.1) is 0 Å². The van der Waals surface area contributed by atoms with Crippen LogP contribution in [0.5, 0.6) is 11.5 Å². The predicted molar refractivity (Wildman–Crippen MR) is 67.6 cm³/mol. The van der Waals surface area contributed by atoms with E-state index in [1.165, 1.54) is 0 Å². The van der Waals surface area contributed by atoms with Crippen LogP contribution in [0, 0.1) is 0 Å². The highest BCUT2D eigenvalue weighted by Crippen LogP contribution is 2.44. The molecule has 0 saturated heterocycles. The van der Waals surface area contributed by atoms with Crippen molar-refractivity contribution in [1.82, 2.24) is 0 Å². The highest BCUT2D eigenvalue weighted by Gasteiger charge is 2.37. The number of fused-ring (bicyclic) bond motifs is 1. The summed E-state index contributed by atoms with van der Waals surface area (Å²) in [4.78, 5) is 0. The van der Waals surface area contributed by atoms with Crippen LogP contribution < -0.4 is 9.47 Å². The lowest BCUT2D eigenvalue weighted by Gasteiger charge is -2.09. The Morgan fingerprint density at radius 1 is 0.765 bits per heavy atom. The van der Waals surface area contributed by atoms with E-state index in [9.17, 15) is 0 Å². The molecule has 0 unspecified atom stereocenters. The molecule has 4 heteroatoms. The van der Waals surface area contributed by atoms with Crippen molar-refractivity contribution < 1.29 is 9.47 Å². The second-order valence-electron chi connectivity index (χ2n) is 3.70. The third-order valence-electron chi connectivity index (χ3n) is 2.51. The van der Waals surface area contributed by atoms with E-state index in [0.29, 0.717) is 11.5 Å². The molecule has 1 heterocycles. The first kappa shape index (κ1) is 10.8. The Morgan fingerprint density at radius 3 is 2.24 bits per heavy atom. The normalized spacial score (nSPS) is 15.9. The molecule has 3 rings (SSSR count). The van der Waals surface area contributed by atoms with E-state index in [1.807, 2.05) is 42.5 Å². The second-order valence-corrected chi connectivity index (χ2v) is 4.88. The third-order valence-corrected chi connectivity index (χ3v) is 2.82. The van der Waals surface area contributed by atoms with E-state index < -0.39 is 4.71 Å². The number of ether oxygens (including phenoxy) is 2. The first-order valence-corrected chi connectivity index (χ1v) is 5.85. The van der Waals surface area contributed by atoms with Crippen molar-refractivity contribution in [2.24, 2.45) is 0 Å². The molecule has 17 heavy (non-hydrogen) atoms. The number of alkyl halides is 2. The van der Waals surface area contributed by atoms with E-state index in [2.05, 4.69) is 0 Å². The van der Waals surface area contributed by atoms with Crippen LogP contribution in [0.15, 0.2) is 48.5 Å². The van der Waals surface area contributed by atoms with Gasteiger partial charge in [-0.3, -0.25) is 0 Å². The first-order chi connectivity index (χ1) is 8.14. The lowest BCUT2D eigenvalue weighted by atomic mass is 10.1.